The molecule has 0 saturated heterocycles. The number of benzene rings is 2. The van der Waals surface area contributed by atoms with Crippen molar-refractivity contribution in [2.45, 2.75) is 12.3 Å². The van der Waals surface area contributed by atoms with Gasteiger partial charge in [0.25, 0.3) is 0 Å². The van der Waals surface area contributed by atoms with E-state index in [1.807, 2.05) is 30.3 Å². The summed E-state index contributed by atoms with van der Waals surface area (Å²) in [6, 6.07) is 12.0. The number of hydrogen-bond donors (Lipinski definition) is 0. The fourth-order valence-corrected chi connectivity index (χ4v) is 2.50. The van der Waals surface area contributed by atoms with E-state index in [1.54, 1.807) is 6.92 Å². The molecular weight excluding hydrogens is 320 g/mol. The Morgan fingerprint density at radius 1 is 1.25 bits per heavy atom. The van der Waals surface area contributed by atoms with Crippen LogP contribution in [-0.2, 0) is 14.9 Å². The van der Waals surface area contributed by atoms with Crippen molar-refractivity contribution >= 4 is 32.7 Å². The second-order valence-electron chi connectivity index (χ2n) is 4.07. The maximum absolute atomic E-state index is 11.2. The molecule has 0 aliphatic rings. The van der Waals surface area contributed by atoms with E-state index in [2.05, 4.69) is 22.0 Å². The molecule has 0 N–H and O–H groups in total. The van der Waals surface area contributed by atoms with Crippen molar-refractivity contribution in [1.29, 1.82) is 0 Å². The number of carbonyl (C=O) groups excluding carboxylic acids is 1. The number of alkyl halides is 1. The number of esters is 1. The third kappa shape index (κ3) is 3.39. The Hall–Kier alpha value is -1.81. The molecule has 104 valence electrons. The molecule has 0 unspecified atom stereocenters. The fourth-order valence-electron chi connectivity index (χ4n) is 1.92. The number of carbonyl (C=O) groups is 1. The molecule has 3 nitrogen and oxygen atoms in total. The van der Waals surface area contributed by atoms with Crippen LogP contribution in [0.25, 0.3) is 10.8 Å². The van der Waals surface area contributed by atoms with Gasteiger partial charge in [-0.05, 0) is 23.8 Å². The maximum atomic E-state index is 11.2. The average molecular weight is 335 g/mol. The lowest BCUT2D eigenvalue weighted by molar-refractivity contribution is -0.137. The second kappa shape index (κ2) is 7.10. The normalized spacial score (nSPS) is 10.9. The van der Waals surface area contributed by atoms with Gasteiger partial charge in [-0.1, -0.05) is 46.3 Å². The predicted octanol–water partition coefficient (Wildman–Crippen LogP) is 4.19. The first-order valence-corrected chi connectivity index (χ1v) is 7.45. The van der Waals surface area contributed by atoms with E-state index >= 15 is 0 Å². The summed E-state index contributed by atoms with van der Waals surface area (Å²) in [4.78, 5) is 11.2. The van der Waals surface area contributed by atoms with Gasteiger partial charge in [0, 0.05) is 10.9 Å². The number of rotatable bonds is 5. The highest BCUT2D eigenvalue weighted by atomic mass is 79.9. The standard InChI is InChI=1S/C16H15BrO3/c1-2-19-16(18)9-10-20-15-8-7-12-5-3-4-6-13(12)14(15)11-17/h3-10H,2,11H2,1H3/b10-9+. The summed E-state index contributed by atoms with van der Waals surface area (Å²) in [5.41, 5.74) is 1.05. The molecule has 4 heteroatoms. The van der Waals surface area contributed by atoms with Crippen molar-refractivity contribution < 1.29 is 14.3 Å². The zero-order valence-corrected chi connectivity index (χ0v) is 12.7. The zero-order chi connectivity index (χ0) is 14.4. The molecule has 0 heterocycles. The van der Waals surface area contributed by atoms with Gasteiger partial charge < -0.3 is 9.47 Å². The Bertz CT molecular complexity index is 635. The van der Waals surface area contributed by atoms with Crippen molar-refractivity contribution in [3.8, 4) is 5.75 Å². The van der Waals surface area contributed by atoms with E-state index in [9.17, 15) is 4.79 Å². The topological polar surface area (TPSA) is 35.5 Å². The first-order chi connectivity index (χ1) is 9.76. The molecule has 2 aromatic rings. The number of halogens is 1. The lowest BCUT2D eigenvalue weighted by atomic mass is 10.0. The van der Waals surface area contributed by atoms with Gasteiger partial charge >= 0.3 is 5.97 Å². The summed E-state index contributed by atoms with van der Waals surface area (Å²) in [5.74, 6) is 0.315. The highest BCUT2D eigenvalue weighted by molar-refractivity contribution is 9.08. The summed E-state index contributed by atoms with van der Waals surface area (Å²) < 4.78 is 10.3. The summed E-state index contributed by atoms with van der Waals surface area (Å²) in [6.07, 6.45) is 2.63. The lowest BCUT2D eigenvalue weighted by Gasteiger charge is -2.09. The van der Waals surface area contributed by atoms with Crippen molar-refractivity contribution in [1.82, 2.24) is 0 Å². The molecule has 0 aromatic heterocycles. The summed E-state index contributed by atoms with van der Waals surface area (Å²) >= 11 is 3.48. The van der Waals surface area contributed by atoms with Gasteiger partial charge in [0.05, 0.1) is 18.9 Å². The predicted molar refractivity (Wildman–Crippen MR) is 83.0 cm³/mol. The van der Waals surface area contributed by atoms with E-state index in [0.717, 1.165) is 22.1 Å². The first kappa shape index (κ1) is 14.6. The molecule has 0 spiro atoms. The Morgan fingerprint density at radius 2 is 2.05 bits per heavy atom. The molecule has 0 amide bonds. The molecular formula is C16H15BrO3. The SMILES string of the molecule is CCOC(=O)/C=C/Oc1ccc2ccccc2c1CBr. The molecule has 0 saturated carbocycles. The Balaban J connectivity index is 2.24. The minimum absolute atomic E-state index is 0.353. The van der Waals surface area contributed by atoms with Crippen molar-refractivity contribution in [2.75, 3.05) is 6.61 Å². The van der Waals surface area contributed by atoms with Crippen LogP contribution < -0.4 is 4.74 Å². The molecule has 2 aromatic carbocycles. The van der Waals surface area contributed by atoms with Crippen molar-refractivity contribution in [3.63, 3.8) is 0 Å². The Labute approximate surface area is 126 Å². The molecule has 0 aliphatic carbocycles. The molecule has 0 fully saturated rings. The molecule has 20 heavy (non-hydrogen) atoms. The van der Waals surface area contributed by atoms with Gasteiger partial charge in [-0.3, -0.25) is 0 Å². The van der Waals surface area contributed by atoms with Crippen LogP contribution in [0.2, 0.25) is 0 Å². The smallest absolute Gasteiger partial charge is 0.333 e. The Morgan fingerprint density at radius 3 is 2.80 bits per heavy atom. The van der Waals surface area contributed by atoms with Gasteiger partial charge in [0.1, 0.15) is 5.75 Å². The maximum Gasteiger partial charge on any atom is 0.333 e. The quantitative estimate of drug-likeness (QED) is 0.356. The highest BCUT2D eigenvalue weighted by Gasteiger charge is 2.07. The number of hydrogen-bond acceptors (Lipinski definition) is 3. The van der Waals surface area contributed by atoms with Crippen LogP contribution in [0, 0.1) is 0 Å². The number of fused-ring (bicyclic) bond motifs is 1. The Kier molecular flexibility index (Phi) is 5.18. The van der Waals surface area contributed by atoms with E-state index in [4.69, 9.17) is 9.47 Å². The van der Waals surface area contributed by atoms with Crippen LogP contribution in [-0.4, -0.2) is 12.6 Å². The van der Waals surface area contributed by atoms with Gasteiger partial charge in [-0.2, -0.15) is 0 Å². The third-order valence-electron chi connectivity index (χ3n) is 2.82. The average Bonchev–Trinajstić information content (AvgIpc) is 2.47. The summed E-state index contributed by atoms with van der Waals surface area (Å²) in [5, 5.41) is 2.96. The largest absolute Gasteiger partial charge is 0.464 e. The van der Waals surface area contributed by atoms with Crippen LogP contribution in [0.4, 0.5) is 0 Å². The van der Waals surface area contributed by atoms with Gasteiger partial charge in [0.2, 0.25) is 0 Å². The van der Waals surface area contributed by atoms with Crippen LogP contribution in [0.1, 0.15) is 12.5 Å². The summed E-state index contributed by atoms with van der Waals surface area (Å²) in [6.45, 7) is 2.12. The summed E-state index contributed by atoms with van der Waals surface area (Å²) in [7, 11) is 0. The fraction of sp³-hybridized carbons (Fsp3) is 0.188. The van der Waals surface area contributed by atoms with E-state index in [1.165, 1.54) is 12.3 Å². The number of ether oxygens (including phenoxy) is 2. The first-order valence-electron chi connectivity index (χ1n) is 6.32. The third-order valence-corrected chi connectivity index (χ3v) is 3.38. The highest BCUT2D eigenvalue weighted by Crippen LogP contribution is 2.30. The molecule has 0 aliphatic heterocycles. The van der Waals surface area contributed by atoms with Gasteiger partial charge in [-0.25, -0.2) is 4.79 Å². The minimum atomic E-state index is -0.409. The molecule has 2 rings (SSSR count). The van der Waals surface area contributed by atoms with Gasteiger partial charge in [-0.15, -0.1) is 0 Å². The monoisotopic (exact) mass is 334 g/mol. The van der Waals surface area contributed by atoms with E-state index < -0.39 is 5.97 Å². The van der Waals surface area contributed by atoms with Crippen LogP contribution >= 0.6 is 15.9 Å². The van der Waals surface area contributed by atoms with Crippen LogP contribution in [0.3, 0.4) is 0 Å². The molecule has 0 bridgehead atoms. The van der Waals surface area contributed by atoms with Crippen molar-refractivity contribution in [2.24, 2.45) is 0 Å². The van der Waals surface area contributed by atoms with Crippen molar-refractivity contribution in [3.05, 3.63) is 54.3 Å². The molecule has 0 atom stereocenters. The van der Waals surface area contributed by atoms with Gasteiger partial charge in [0.15, 0.2) is 0 Å². The van der Waals surface area contributed by atoms with Crippen LogP contribution in [0.5, 0.6) is 5.75 Å². The van der Waals surface area contributed by atoms with Crippen LogP contribution in [0.15, 0.2) is 48.7 Å². The molecule has 0 radical (unpaired) electrons. The lowest BCUT2D eigenvalue weighted by Crippen LogP contribution is -2.00. The minimum Gasteiger partial charge on any atom is -0.464 e. The van der Waals surface area contributed by atoms with E-state index in [-0.39, 0.29) is 0 Å². The second-order valence-corrected chi connectivity index (χ2v) is 4.63. The zero-order valence-electron chi connectivity index (χ0n) is 11.1. The van der Waals surface area contributed by atoms with E-state index in [0.29, 0.717) is 11.9 Å².